The van der Waals surface area contributed by atoms with E-state index in [-0.39, 0.29) is 17.6 Å². The number of nitrogens with two attached hydrogens (primary N) is 2. The second-order valence-electron chi connectivity index (χ2n) is 7.31. The van der Waals surface area contributed by atoms with Gasteiger partial charge >= 0.3 is 5.97 Å². The van der Waals surface area contributed by atoms with Gasteiger partial charge in [-0.25, -0.2) is 4.79 Å². The third kappa shape index (κ3) is 9.13. The molecule has 0 spiro atoms. The summed E-state index contributed by atoms with van der Waals surface area (Å²) in [4.78, 5) is 59.6. The normalized spacial score (nSPS) is 15.2. The van der Waals surface area contributed by atoms with E-state index in [0.717, 1.165) is 0 Å². The van der Waals surface area contributed by atoms with E-state index in [1.807, 2.05) is 0 Å². The Morgan fingerprint density at radius 3 is 1.76 bits per heavy atom. The SMILES string of the molecule is CC(C)C(N)C(=O)NC(C(=O)NC(CC(N)=O)C(=O)NC(CS)C(=O)O)C(C)C. The van der Waals surface area contributed by atoms with E-state index in [0.29, 0.717) is 0 Å². The van der Waals surface area contributed by atoms with E-state index in [4.69, 9.17) is 16.6 Å². The van der Waals surface area contributed by atoms with Crippen LogP contribution in [0.2, 0.25) is 0 Å². The van der Waals surface area contributed by atoms with Crippen LogP contribution in [0.15, 0.2) is 0 Å². The number of aliphatic carboxylic acids is 1. The molecule has 0 aliphatic rings. The van der Waals surface area contributed by atoms with Gasteiger partial charge in [0, 0.05) is 5.75 Å². The number of carbonyl (C=O) groups excluding carboxylic acids is 4. The predicted molar refractivity (Wildman–Crippen MR) is 109 cm³/mol. The van der Waals surface area contributed by atoms with Crippen LogP contribution < -0.4 is 27.4 Å². The van der Waals surface area contributed by atoms with Gasteiger partial charge in [-0.2, -0.15) is 12.6 Å². The molecule has 0 aliphatic carbocycles. The fraction of sp³-hybridized carbons (Fsp3) is 0.706. The van der Waals surface area contributed by atoms with Gasteiger partial charge in [0.05, 0.1) is 12.5 Å². The lowest BCUT2D eigenvalue weighted by molar-refractivity contribution is -0.141. The molecule has 0 aromatic rings. The van der Waals surface area contributed by atoms with Crippen LogP contribution in [0.25, 0.3) is 0 Å². The largest absolute Gasteiger partial charge is 0.480 e. The maximum atomic E-state index is 12.7. The maximum absolute atomic E-state index is 12.7. The van der Waals surface area contributed by atoms with Gasteiger partial charge in [0.15, 0.2) is 0 Å². The van der Waals surface area contributed by atoms with Crippen molar-refractivity contribution in [2.24, 2.45) is 23.3 Å². The standard InChI is InChI=1S/C17H31N5O6S/c1-7(2)12(19)15(25)22-13(8(3)4)16(26)20-9(5-11(18)23)14(24)21-10(6-29)17(27)28/h7-10,12-13,29H,5-6,19H2,1-4H3,(H2,18,23)(H,20,26)(H,21,24)(H,22,25)(H,27,28). The fourth-order valence-corrected chi connectivity index (χ4v) is 2.46. The summed E-state index contributed by atoms with van der Waals surface area (Å²) in [6.45, 7) is 6.86. The minimum atomic E-state index is -1.42. The zero-order chi connectivity index (χ0) is 22.9. The molecule has 0 aliphatic heterocycles. The molecule has 4 atom stereocenters. The van der Waals surface area contributed by atoms with Gasteiger partial charge in [-0.3, -0.25) is 19.2 Å². The van der Waals surface area contributed by atoms with E-state index in [2.05, 4.69) is 28.6 Å². The fourth-order valence-electron chi connectivity index (χ4n) is 2.22. The summed E-state index contributed by atoms with van der Waals surface area (Å²) in [5.41, 5.74) is 10.9. The Bertz CT molecular complexity index is 627. The molecule has 166 valence electrons. The highest BCUT2D eigenvalue weighted by atomic mass is 32.1. The molecule has 0 aromatic carbocycles. The topological polar surface area (TPSA) is 194 Å². The van der Waals surface area contributed by atoms with Crippen LogP contribution in [0.4, 0.5) is 0 Å². The lowest BCUT2D eigenvalue weighted by Gasteiger charge is -2.27. The number of carboxylic acid groups (broad SMARTS) is 1. The van der Waals surface area contributed by atoms with Crippen LogP contribution in [0, 0.1) is 11.8 Å². The molecule has 0 fully saturated rings. The molecule has 0 saturated carbocycles. The Morgan fingerprint density at radius 2 is 1.38 bits per heavy atom. The first-order valence-corrected chi connectivity index (χ1v) is 9.73. The van der Waals surface area contributed by atoms with Gasteiger partial charge in [0.25, 0.3) is 0 Å². The average molecular weight is 434 g/mol. The summed E-state index contributed by atoms with van der Waals surface area (Å²) in [6.07, 6.45) is -0.555. The number of rotatable bonds is 12. The molecule has 0 radical (unpaired) electrons. The van der Waals surface area contributed by atoms with Gasteiger partial charge in [-0.1, -0.05) is 27.7 Å². The minimum absolute atomic E-state index is 0.159. The molecule has 29 heavy (non-hydrogen) atoms. The maximum Gasteiger partial charge on any atom is 0.327 e. The van der Waals surface area contributed by atoms with Crippen molar-refractivity contribution >= 4 is 42.2 Å². The highest BCUT2D eigenvalue weighted by Gasteiger charge is 2.32. The monoisotopic (exact) mass is 433 g/mol. The molecule has 11 nitrogen and oxygen atoms in total. The number of carboxylic acids is 1. The zero-order valence-electron chi connectivity index (χ0n) is 17.0. The van der Waals surface area contributed by atoms with Crippen LogP contribution >= 0.6 is 12.6 Å². The number of nitrogens with one attached hydrogen (secondary N) is 3. The van der Waals surface area contributed by atoms with Gasteiger partial charge < -0.3 is 32.5 Å². The lowest BCUT2D eigenvalue weighted by Crippen LogP contribution is -2.59. The molecule has 4 amide bonds. The van der Waals surface area contributed by atoms with Crippen LogP contribution in [-0.4, -0.2) is 64.6 Å². The van der Waals surface area contributed by atoms with Crippen molar-refractivity contribution in [2.75, 3.05) is 5.75 Å². The molecule has 0 heterocycles. The minimum Gasteiger partial charge on any atom is -0.480 e. The van der Waals surface area contributed by atoms with Crippen molar-refractivity contribution in [3.8, 4) is 0 Å². The Labute approximate surface area is 175 Å². The van der Waals surface area contributed by atoms with E-state index in [9.17, 15) is 24.0 Å². The Hall–Kier alpha value is -2.34. The van der Waals surface area contributed by atoms with Crippen molar-refractivity contribution in [1.82, 2.24) is 16.0 Å². The van der Waals surface area contributed by atoms with Gasteiger partial charge in [0.1, 0.15) is 18.1 Å². The number of amides is 4. The van der Waals surface area contributed by atoms with Crippen molar-refractivity contribution in [1.29, 1.82) is 0 Å². The first kappa shape index (κ1) is 26.7. The van der Waals surface area contributed by atoms with Gasteiger partial charge in [-0.15, -0.1) is 0 Å². The van der Waals surface area contributed by atoms with E-state index >= 15 is 0 Å². The van der Waals surface area contributed by atoms with E-state index < -0.39 is 60.2 Å². The molecule has 0 bridgehead atoms. The van der Waals surface area contributed by atoms with Crippen molar-refractivity contribution in [2.45, 2.75) is 58.3 Å². The quantitative estimate of drug-likeness (QED) is 0.172. The van der Waals surface area contributed by atoms with Crippen LogP contribution in [-0.2, 0) is 24.0 Å². The average Bonchev–Trinajstić information content (AvgIpc) is 2.61. The molecule has 0 saturated heterocycles. The third-order valence-electron chi connectivity index (χ3n) is 4.10. The first-order chi connectivity index (χ1) is 13.3. The number of primary amides is 1. The summed E-state index contributed by atoms with van der Waals surface area (Å²) in [6, 6.07) is -4.60. The van der Waals surface area contributed by atoms with Crippen LogP contribution in [0.5, 0.6) is 0 Å². The smallest absolute Gasteiger partial charge is 0.327 e. The van der Waals surface area contributed by atoms with Crippen molar-refractivity contribution in [3.63, 3.8) is 0 Å². The van der Waals surface area contributed by atoms with Gasteiger partial charge in [0.2, 0.25) is 23.6 Å². The summed E-state index contributed by atoms with van der Waals surface area (Å²) in [7, 11) is 0. The predicted octanol–water partition coefficient (Wildman–Crippen LogP) is -2.03. The lowest BCUT2D eigenvalue weighted by atomic mass is 9.99. The van der Waals surface area contributed by atoms with Crippen LogP contribution in [0.1, 0.15) is 34.1 Å². The number of hydrogen-bond acceptors (Lipinski definition) is 7. The molecule has 12 heteroatoms. The molecular weight excluding hydrogens is 402 g/mol. The van der Waals surface area contributed by atoms with Crippen molar-refractivity contribution in [3.05, 3.63) is 0 Å². The summed E-state index contributed by atoms with van der Waals surface area (Å²) >= 11 is 3.84. The Balaban J connectivity index is 5.38. The van der Waals surface area contributed by atoms with Crippen LogP contribution in [0.3, 0.4) is 0 Å². The molecule has 8 N–H and O–H groups in total. The Morgan fingerprint density at radius 1 is 0.862 bits per heavy atom. The molecule has 0 rings (SSSR count). The Kier molecular flexibility index (Phi) is 11.3. The molecule has 0 aromatic heterocycles. The van der Waals surface area contributed by atoms with E-state index in [1.54, 1.807) is 27.7 Å². The number of hydrogen-bond donors (Lipinski definition) is 7. The highest BCUT2D eigenvalue weighted by Crippen LogP contribution is 2.06. The third-order valence-corrected chi connectivity index (χ3v) is 4.47. The highest BCUT2D eigenvalue weighted by molar-refractivity contribution is 7.80. The number of thiol groups is 1. The second-order valence-corrected chi connectivity index (χ2v) is 7.68. The first-order valence-electron chi connectivity index (χ1n) is 9.10. The van der Waals surface area contributed by atoms with Crippen molar-refractivity contribution < 1.29 is 29.1 Å². The molecular formula is C17H31N5O6S. The second kappa shape index (κ2) is 12.3. The van der Waals surface area contributed by atoms with Gasteiger partial charge in [-0.05, 0) is 11.8 Å². The number of carbonyl (C=O) groups is 5. The summed E-state index contributed by atoms with van der Waals surface area (Å²) in [5.74, 6) is -5.10. The molecule has 4 unspecified atom stereocenters. The summed E-state index contributed by atoms with van der Waals surface area (Å²) < 4.78 is 0. The summed E-state index contributed by atoms with van der Waals surface area (Å²) in [5, 5.41) is 16.1. The zero-order valence-corrected chi connectivity index (χ0v) is 17.9. The van der Waals surface area contributed by atoms with E-state index in [1.165, 1.54) is 0 Å².